The molecule has 0 unspecified atom stereocenters. The summed E-state index contributed by atoms with van der Waals surface area (Å²) >= 11 is 1.71. The fourth-order valence-corrected chi connectivity index (χ4v) is 2.81. The average Bonchev–Trinajstić information content (AvgIpc) is 2.84. The van der Waals surface area contributed by atoms with Crippen molar-refractivity contribution in [1.82, 2.24) is 10.1 Å². The Morgan fingerprint density at radius 3 is 2.68 bits per heavy atom. The predicted octanol–water partition coefficient (Wildman–Crippen LogP) is 3.01. The van der Waals surface area contributed by atoms with Gasteiger partial charge in [-0.3, -0.25) is 0 Å². The van der Waals surface area contributed by atoms with Crippen LogP contribution in [0.25, 0.3) is 0 Å². The van der Waals surface area contributed by atoms with Gasteiger partial charge in [-0.05, 0) is 38.3 Å². The number of nitrogens with zero attached hydrogens (tertiary/aromatic N) is 2. The van der Waals surface area contributed by atoms with E-state index in [1.54, 1.807) is 11.8 Å². The highest BCUT2D eigenvalue weighted by atomic mass is 32.2. The predicted molar refractivity (Wildman–Crippen MR) is 74.8 cm³/mol. The first kappa shape index (κ1) is 12.7. The van der Waals surface area contributed by atoms with E-state index in [9.17, 15) is 0 Å². The molecule has 3 rings (SSSR count). The molecule has 100 valence electrons. The maximum Gasteiger partial charge on any atom is 0.246 e. The average molecular weight is 275 g/mol. The minimum absolute atomic E-state index is 0.361. The maximum absolute atomic E-state index is 6.16. The van der Waals surface area contributed by atoms with Gasteiger partial charge in [-0.15, -0.1) is 11.8 Å². The van der Waals surface area contributed by atoms with Gasteiger partial charge in [-0.2, -0.15) is 4.98 Å². The number of benzene rings is 1. The van der Waals surface area contributed by atoms with Gasteiger partial charge in [0.15, 0.2) is 5.82 Å². The van der Waals surface area contributed by atoms with Crippen molar-refractivity contribution in [1.29, 1.82) is 0 Å². The Kier molecular flexibility index (Phi) is 3.33. The van der Waals surface area contributed by atoms with Crippen molar-refractivity contribution >= 4 is 11.8 Å². The summed E-state index contributed by atoms with van der Waals surface area (Å²) in [6.45, 7) is 2.08. The van der Waals surface area contributed by atoms with Gasteiger partial charge in [-0.25, -0.2) is 0 Å². The monoisotopic (exact) mass is 275 g/mol. The highest BCUT2D eigenvalue weighted by molar-refractivity contribution is 7.98. The highest BCUT2D eigenvalue weighted by Crippen LogP contribution is 2.37. The molecule has 0 spiro atoms. The molecule has 19 heavy (non-hydrogen) atoms. The number of thioether (sulfide) groups is 1. The van der Waals surface area contributed by atoms with Crippen molar-refractivity contribution in [2.24, 2.45) is 5.73 Å². The van der Waals surface area contributed by atoms with Crippen molar-refractivity contribution in [3.63, 3.8) is 0 Å². The number of nitrogens with two attached hydrogens (primary N) is 1. The second kappa shape index (κ2) is 4.98. The minimum atomic E-state index is -0.361. The van der Waals surface area contributed by atoms with E-state index in [0.717, 1.165) is 25.1 Å². The molecule has 0 aliphatic heterocycles. The Morgan fingerprint density at radius 1 is 1.32 bits per heavy atom. The molecular formula is C14H17N3OS. The lowest BCUT2D eigenvalue weighted by atomic mass is 9.78. The van der Waals surface area contributed by atoms with E-state index in [4.69, 9.17) is 10.3 Å². The van der Waals surface area contributed by atoms with Gasteiger partial charge in [0, 0.05) is 4.90 Å². The quantitative estimate of drug-likeness (QED) is 0.869. The second-order valence-corrected chi connectivity index (χ2v) is 6.18. The summed E-state index contributed by atoms with van der Waals surface area (Å²) in [6, 6.07) is 8.43. The van der Waals surface area contributed by atoms with Crippen LogP contribution in [0.1, 0.15) is 36.5 Å². The molecule has 1 aliphatic rings. The molecule has 0 bridgehead atoms. The lowest BCUT2D eigenvalue weighted by Crippen LogP contribution is -2.43. The molecule has 1 fully saturated rings. The van der Waals surface area contributed by atoms with Crippen molar-refractivity contribution in [2.45, 2.75) is 42.4 Å². The number of aryl methyl sites for hydroxylation is 1. The molecule has 1 aliphatic carbocycles. The zero-order valence-corrected chi connectivity index (χ0v) is 11.7. The molecule has 0 amide bonds. The van der Waals surface area contributed by atoms with Crippen LogP contribution in [0.2, 0.25) is 0 Å². The van der Waals surface area contributed by atoms with Crippen molar-refractivity contribution < 1.29 is 4.52 Å². The summed E-state index contributed by atoms with van der Waals surface area (Å²) in [5.74, 6) is 2.03. The fourth-order valence-electron chi connectivity index (χ4n) is 2.07. The van der Waals surface area contributed by atoms with Crippen LogP contribution >= 0.6 is 11.8 Å². The molecule has 1 aromatic heterocycles. The Labute approximate surface area is 116 Å². The van der Waals surface area contributed by atoms with Gasteiger partial charge in [0.1, 0.15) is 0 Å². The lowest BCUT2D eigenvalue weighted by Gasteiger charge is -2.33. The molecule has 0 radical (unpaired) electrons. The Bertz CT molecular complexity index is 560. The van der Waals surface area contributed by atoms with Crippen LogP contribution < -0.4 is 5.73 Å². The van der Waals surface area contributed by atoms with E-state index < -0.39 is 0 Å². The molecule has 1 aromatic carbocycles. The molecule has 1 saturated carbocycles. The first-order valence-corrected chi connectivity index (χ1v) is 7.46. The standard InChI is InChI=1S/C14H17N3OS/c1-10-3-5-11(6-4-10)19-9-12-16-13(18-17-12)14(15)7-2-8-14/h3-6H,2,7-9,15H2,1H3. The normalized spacial score (nSPS) is 17.2. The summed E-state index contributed by atoms with van der Waals surface area (Å²) in [5.41, 5.74) is 7.06. The minimum Gasteiger partial charge on any atom is -0.337 e. The molecule has 2 aromatic rings. The van der Waals surface area contributed by atoms with Gasteiger partial charge in [-0.1, -0.05) is 22.9 Å². The summed E-state index contributed by atoms with van der Waals surface area (Å²) in [7, 11) is 0. The van der Waals surface area contributed by atoms with Gasteiger partial charge in [0.2, 0.25) is 5.89 Å². The molecular weight excluding hydrogens is 258 g/mol. The summed E-state index contributed by atoms with van der Waals surface area (Å²) < 4.78 is 5.28. The number of rotatable bonds is 4. The Hall–Kier alpha value is -1.33. The van der Waals surface area contributed by atoms with E-state index in [1.807, 2.05) is 0 Å². The van der Waals surface area contributed by atoms with Gasteiger partial charge < -0.3 is 10.3 Å². The molecule has 1 heterocycles. The maximum atomic E-state index is 6.16. The number of aromatic nitrogens is 2. The second-order valence-electron chi connectivity index (χ2n) is 5.13. The SMILES string of the molecule is Cc1ccc(SCc2noc(C3(N)CCC3)n2)cc1. The van der Waals surface area contributed by atoms with Gasteiger partial charge >= 0.3 is 0 Å². The van der Waals surface area contributed by atoms with Crippen LogP contribution in [-0.2, 0) is 11.3 Å². The Balaban J connectivity index is 1.63. The Morgan fingerprint density at radius 2 is 2.05 bits per heavy atom. The van der Waals surface area contributed by atoms with E-state index in [-0.39, 0.29) is 5.54 Å². The van der Waals surface area contributed by atoms with E-state index in [1.165, 1.54) is 10.5 Å². The largest absolute Gasteiger partial charge is 0.337 e. The third kappa shape index (κ3) is 2.67. The zero-order chi connectivity index (χ0) is 13.3. The van der Waals surface area contributed by atoms with E-state index in [0.29, 0.717) is 11.6 Å². The molecule has 4 nitrogen and oxygen atoms in total. The third-order valence-corrected chi connectivity index (χ3v) is 4.54. The van der Waals surface area contributed by atoms with Gasteiger partial charge in [0.05, 0.1) is 11.3 Å². The van der Waals surface area contributed by atoms with Crippen LogP contribution in [0.3, 0.4) is 0 Å². The van der Waals surface area contributed by atoms with Crippen molar-refractivity contribution in [2.75, 3.05) is 0 Å². The molecule has 0 saturated heterocycles. The lowest BCUT2D eigenvalue weighted by molar-refractivity contribution is 0.181. The zero-order valence-electron chi connectivity index (χ0n) is 10.9. The van der Waals surface area contributed by atoms with Crippen molar-refractivity contribution in [3.05, 3.63) is 41.5 Å². The molecule has 2 N–H and O–H groups in total. The topological polar surface area (TPSA) is 64.9 Å². The summed E-state index contributed by atoms with van der Waals surface area (Å²) in [4.78, 5) is 5.62. The first-order valence-electron chi connectivity index (χ1n) is 6.47. The fraction of sp³-hybridized carbons (Fsp3) is 0.429. The van der Waals surface area contributed by atoms with E-state index in [2.05, 4.69) is 41.3 Å². The first-order chi connectivity index (χ1) is 9.16. The van der Waals surface area contributed by atoms with Crippen LogP contribution in [-0.4, -0.2) is 10.1 Å². The molecule has 5 heteroatoms. The molecule has 0 atom stereocenters. The van der Waals surface area contributed by atoms with Crippen LogP contribution in [0, 0.1) is 6.92 Å². The van der Waals surface area contributed by atoms with Crippen LogP contribution in [0.4, 0.5) is 0 Å². The van der Waals surface area contributed by atoms with Crippen molar-refractivity contribution in [3.8, 4) is 0 Å². The van der Waals surface area contributed by atoms with Gasteiger partial charge in [0.25, 0.3) is 0 Å². The van der Waals surface area contributed by atoms with Crippen LogP contribution in [0.5, 0.6) is 0 Å². The van der Waals surface area contributed by atoms with E-state index >= 15 is 0 Å². The third-order valence-electron chi connectivity index (χ3n) is 3.53. The number of hydrogen-bond donors (Lipinski definition) is 1. The van der Waals surface area contributed by atoms with Crippen LogP contribution in [0.15, 0.2) is 33.7 Å². The summed E-state index contributed by atoms with van der Waals surface area (Å²) in [5, 5.41) is 4.01. The number of hydrogen-bond acceptors (Lipinski definition) is 5. The smallest absolute Gasteiger partial charge is 0.246 e. The summed E-state index contributed by atoms with van der Waals surface area (Å²) in [6.07, 6.45) is 3.03. The highest BCUT2D eigenvalue weighted by Gasteiger charge is 2.39.